The molecular weight excluding hydrogens is 414 g/mol. The van der Waals surface area contributed by atoms with Crippen LogP contribution in [0.3, 0.4) is 0 Å². The number of aliphatic hydroxyl groups excluding tert-OH is 1. The van der Waals surface area contributed by atoms with Crippen LogP contribution in [0.15, 0.2) is 0 Å². The molecule has 0 aromatic rings. The lowest BCUT2D eigenvalue weighted by atomic mass is 9.63. The Morgan fingerprint density at radius 3 is 2.45 bits per heavy atom. The summed E-state index contributed by atoms with van der Waals surface area (Å²) in [5, 5.41) is 12.5. The first-order chi connectivity index (χ1) is 14.7. The van der Waals surface area contributed by atoms with E-state index in [1.165, 1.54) is 0 Å². The number of hydrogen-bond acceptors (Lipinski definition) is 6. The first-order valence-corrected chi connectivity index (χ1v) is 13.0. The maximum atomic E-state index is 11.8. The third kappa shape index (κ3) is 4.99. The Balaban J connectivity index is 1.24. The van der Waals surface area contributed by atoms with E-state index < -0.39 is 0 Å². The van der Waals surface area contributed by atoms with E-state index >= 15 is 0 Å². The van der Waals surface area contributed by atoms with Gasteiger partial charge in [-0.1, -0.05) is 32.5 Å². The van der Waals surface area contributed by atoms with Gasteiger partial charge in [-0.25, -0.2) is 0 Å². The molecule has 176 valence electrons. The van der Waals surface area contributed by atoms with Gasteiger partial charge in [-0.15, -0.1) is 0 Å². The number of rotatable bonds is 5. The third-order valence-electron chi connectivity index (χ3n) is 8.68. The molecule has 0 radical (unpaired) electrons. The van der Waals surface area contributed by atoms with Crippen LogP contribution in [0.5, 0.6) is 0 Å². The number of nitrogens with one attached hydrogen (secondary N) is 1. The Kier molecular flexibility index (Phi) is 7.07. The minimum Gasteiger partial charge on any atom is -0.393 e. The Hall–Kier alpha value is -0.630. The van der Waals surface area contributed by atoms with Crippen molar-refractivity contribution in [2.45, 2.75) is 102 Å². The normalized spacial score (nSPS) is 48.4. The van der Waals surface area contributed by atoms with Gasteiger partial charge in [0, 0.05) is 0 Å². The molecule has 8 atom stereocenters. The van der Waals surface area contributed by atoms with E-state index in [0.29, 0.717) is 24.4 Å². The Morgan fingerprint density at radius 2 is 1.81 bits per heavy atom. The standard InChI is InChI=1S/C24H39NO5S/c1-13-14(2)21-18(15(3)20(13)26)9-10-24(4,30-21)12-29-17-7-5-16(6-8-17)11-19-22(27)25-23(28)31-19/h13-21,26H,5-12H2,1-4H3,(H,25,27,28). The zero-order valence-electron chi connectivity index (χ0n) is 19.3. The maximum absolute atomic E-state index is 11.8. The van der Waals surface area contributed by atoms with Gasteiger partial charge < -0.3 is 14.6 Å². The lowest BCUT2D eigenvalue weighted by Gasteiger charge is -2.53. The molecule has 31 heavy (non-hydrogen) atoms. The highest BCUT2D eigenvalue weighted by Crippen LogP contribution is 2.47. The zero-order valence-corrected chi connectivity index (χ0v) is 20.2. The number of amides is 2. The molecule has 4 fully saturated rings. The van der Waals surface area contributed by atoms with Gasteiger partial charge in [-0.05, 0) is 81.5 Å². The fourth-order valence-corrected chi connectivity index (χ4v) is 7.25. The molecule has 2 heterocycles. The van der Waals surface area contributed by atoms with Crippen molar-refractivity contribution >= 4 is 22.9 Å². The number of ether oxygens (including phenoxy) is 2. The van der Waals surface area contributed by atoms with Gasteiger partial charge in [0.25, 0.3) is 5.24 Å². The van der Waals surface area contributed by atoms with Gasteiger partial charge in [-0.3, -0.25) is 14.9 Å². The number of carbonyl (C=O) groups is 2. The van der Waals surface area contributed by atoms with Crippen LogP contribution in [-0.4, -0.2) is 52.0 Å². The second kappa shape index (κ2) is 9.32. The highest BCUT2D eigenvalue weighted by Gasteiger charge is 2.50. The van der Waals surface area contributed by atoms with E-state index in [1.807, 2.05) is 0 Å². The highest BCUT2D eigenvalue weighted by molar-refractivity contribution is 8.15. The van der Waals surface area contributed by atoms with Crippen LogP contribution in [0, 0.1) is 29.6 Å². The maximum Gasteiger partial charge on any atom is 0.286 e. The smallest absolute Gasteiger partial charge is 0.286 e. The third-order valence-corrected chi connectivity index (χ3v) is 9.69. The molecule has 2 saturated heterocycles. The molecule has 0 bridgehead atoms. The lowest BCUT2D eigenvalue weighted by molar-refractivity contribution is -0.232. The van der Waals surface area contributed by atoms with Crippen molar-refractivity contribution in [3.05, 3.63) is 0 Å². The quantitative estimate of drug-likeness (QED) is 0.651. The predicted molar refractivity (Wildman–Crippen MR) is 121 cm³/mol. The van der Waals surface area contributed by atoms with E-state index in [2.05, 4.69) is 33.0 Å². The molecule has 4 rings (SSSR count). The summed E-state index contributed by atoms with van der Waals surface area (Å²) in [5.41, 5.74) is -0.257. The average molecular weight is 454 g/mol. The molecule has 4 aliphatic rings. The van der Waals surface area contributed by atoms with Gasteiger partial charge in [0.2, 0.25) is 5.91 Å². The number of fused-ring (bicyclic) bond motifs is 1. The van der Waals surface area contributed by atoms with Gasteiger partial charge in [0.15, 0.2) is 0 Å². The van der Waals surface area contributed by atoms with Gasteiger partial charge in [-0.2, -0.15) is 0 Å². The van der Waals surface area contributed by atoms with Gasteiger partial charge in [0.1, 0.15) is 0 Å². The van der Waals surface area contributed by atoms with E-state index in [-0.39, 0.29) is 52.1 Å². The van der Waals surface area contributed by atoms with E-state index in [1.54, 1.807) is 0 Å². The Labute approximate surface area is 190 Å². The molecule has 6 nitrogen and oxygen atoms in total. The summed E-state index contributed by atoms with van der Waals surface area (Å²) in [6.07, 6.45) is 7.20. The van der Waals surface area contributed by atoms with Crippen molar-refractivity contribution in [2.24, 2.45) is 29.6 Å². The van der Waals surface area contributed by atoms with E-state index in [0.717, 1.165) is 56.7 Å². The van der Waals surface area contributed by atoms with Gasteiger partial charge in [0.05, 0.1) is 35.8 Å². The fraction of sp³-hybridized carbons (Fsp3) is 0.917. The molecular formula is C24H39NO5S. The largest absolute Gasteiger partial charge is 0.393 e. The van der Waals surface area contributed by atoms with Crippen molar-refractivity contribution in [3.8, 4) is 0 Å². The van der Waals surface area contributed by atoms with Crippen LogP contribution in [-0.2, 0) is 14.3 Å². The molecule has 7 heteroatoms. The first-order valence-electron chi connectivity index (χ1n) is 12.2. The first kappa shape index (κ1) is 23.5. The monoisotopic (exact) mass is 453 g/mol. The molecule has 0 aromatic carbocycles. The Bertz CT molecular complexity index is 681. The molecule has 2 aliphatic heterocycles. The predicted octanol–water partition coefficient (Wildman–Crippen LogP) is 4.14. The molecule has 2 aliphatic carbocycles. The second-order valence-electron chi connectivity index (χ2n) is 10.9. The van der Waals surface area contributed by atoms with Gasteiger partial charge >= 0.3 is 0 Å². The molecule has 0 aromatic heterocycles. The van der Waals surface area contributed by atoms with Crippen molar-refractivity contribution in [2.75, 3.05) is 6.61 Å². The Morgan fingerprint density at radius 1 is 1.10 bits per heavy atom. The molecule has 8 unspecified atom stereocenters. The minimum atomic E-state index is -0.257. The summed E-state index contributed by atoms with van der Waals surface area (Å²) in [4.78, 5) is 23.2. The minimum absolute atomic E-state index is 0.123. The molecule has 2 N–H and O–H groups in total. The summed E-state index contributed by atoms with van der Waals surface area (Å²) in [7, 11) is 0. The second-order valence-corrected chi connectivity index (χ2v) is 12.1. The number of carbonyl (C=O) groups excluding carboxylic acids is 2. The number of hydrogen-bond donors (Lipinski definition) is 2. The topological polar surface area (TPSA) is 84.9 Å². The van der Waals surface area contributed by atoms with Crippen LogP contribution in [0.2, 0.25) is 0 Å². The van der Waals surface area contributed by atoms with Crippen molar-refractivity contribution < 1.29 is 24.2 Å². The van der Waals surface area contributed by atoms with E-state index in [4.69, 9.17) is 9.47 Å². The highest BCUT2D eigenvalue weighted by atomic mass is 32.2. The van der Waals surface area contributed by atoms with Crippen LogP contribution in [0.1, 0.15) is 72.6 Å². The zero-order chi connectivity index (χ0) is 22.3. The van der Waals surface area contributed by atoms with Crippen molar-refractivity contribution in [3.63, 3.8) is 0 Å². The van der Waals surface area contributed by atoms with E-state index in [9.17, 15) is 14.7 Å². The summed E-state index contributed by atoms with van der Waals surface area (Å²) in [5.74, 6) is 1.69. The van der Waals surface area contributed by atoms with Crippen LogP contribution in [0.25, 0.3) is 0 Å². The fourth-order valence-electron chi connectivity index (χ4n) is 6.30. The summed E-state index contributed by atoms with van der Waals surface area (Å²) < 4.78 is 13.0. The van der Waals surface area contributed by atoms with Crippen LogP contribution >= 0.6 is 11.8 Å². The molecule has 2 saturated carbocycles. The number of aliphatic hydroxyl groups is 1. The van der Waals surface area contributed by atoms with Crippen molar-refractivity contribution in [1.82, 2.24) is 5.32 Å². The molecule has 0 spiro atoms. The number of thioether (sulfide) groups is 1. The number of imide groups is 1. The van der Waals surface area contributed by atoms with Crippen LogP contribution in [0.4, 0.5) is 4.79 Å². The summed E-state index contributed by atoms with van der Waals surface area (Å²) in [6.45, 7) is 9.36. The lowest BCUT2D eigenvalue weighted by Crippen LogP contribution is -2.57. The summed E-state index contributed by atoms with van der Waals surface area (Å²) in [6, 6.07) is 0. The average Bonchev–Trinajstić information content (AvgIpc) is 3.06. The SMILES string of the molecule is CC1C(C)C2OC(C)(COC3CCC(CC4SC(=O)NC4=O)CC3)CCC2C(C)C1O. The van der Waals surface area contributed by atoms with Crippen LogP contribution < -0.4 is 5.32 Å². The summed E-state index contributed by atoms with van der Waals surface area (Å²) >= 11 is 1.14. The van der Waals surface area contributed by atoms with Crippen molar-refractivity contribution in [1.29, 1.82) is 0 Å². The molecule has 2 amide bonds.